The summed E-state index contributed by atoms with van der Waals surface area (Å²) in [5.74, 6) is 0. The first-order valence-corrected chi connectivity index (χ1v) is 36.0. The van der Waals surface area contributed by atoms with E-state index < -0.39 is 0 Å². The Labute approximate surface area is 573 Å². The van der Waals surface area contributed by atoms with Gasteiger partial charge in [0.2, 0.25) is 0 Å². The maximum absolute atomic E-state index is 2.62. The molecule has 0 amide bonds. The average molecular weight is 1250 g/mol. The molecule has 0 fully saturated rings. The Morgan fingerprint density at radius 1 is 0.240 bits per heavy atom. The van der Waals surface area contributed by atoms with E-state index in [1.54, 1.807) is 0 Å². The third-order valence-electron chi connectivity index (χ3n) is 21.2. The number of fused-ring (bicyclic) bond motifs is 6. The van der Waals surface area contributed by atoms with Gasteiger partial charge in [0.05, 0.1) is 0 Å². The number of anilines is 6. The Bertz CT molecular complexity index is 4470. The lowest BCUT2D eigenvalue weighted by Gasteiger charge is -2.33. The minimum Gasteiger partial charge on any atom is -0.311 e. The van der Waals surface area contributed by atoms with Crippen LogP contribution in [-0.2, 0) is 23.7 Å². The lowest BCUT2D eigenvalue weighted by atomic mass is 9.69. The van der Waals surface area contributed by atoms with E-state index in [-0.39, 0.29) is 10.8 Å². The molecule has 0 saturated heterocycles. The highest BCUT2D eigenvalue weighted by Gasteiger charge is 2.45. The molecule has 0 atom stereocenters. The number of para-hydroxylation sites is 2. The smallest absolute Gasteiger partial charge is 0.0462 e. The quantitative estimate of drug-likeness (QED) is 0.0474. The molecule has 478 valence electrons. The van der Waals surface area contributed by atoms with Crippen molar-refractivity contribution in [1.29, 1.82) is 0 Å². The van der Waals surface area contributed by atoms with Gasteiger partial charge in [0.1, 0.15) is 0 Å². The molecule has 0 aromatic heterocycles. The van der Waals surface area contributed by atoms with E-state index in [9.17, 15) is 0 Å². The molecule has 2 nitrogen and oxygen atoms in total. The average Bonchev–Trinajstić information content (AvgIpc) is 1.56. The summed E-state index contributed by atoms with van der Waals surface area (Å²) in [5.41, 5.74) is 30.8. The standard InChI is InChI=1S/C94H92N2/c1-5-7-9-11-13-27-61-93(62-28-14-12-10-8-6-2)90-64-76(73-40-51-82(52-41-73)95(79-33-23-17-24-34-79)81-49-37-69(3)38-50-81)46-58-86(90)87-59-47-77(65-91(87)93)74-42-53-83(54-43-74)96(80-35-25-18-26-36-80)84-55-44-75(45-56-84)78-48-60-88-85-57-39-70(4)63-89(85)94(92(88)66-78,67-71-29-19-15-20-30-71)68-72-31-21-16-22-32-72/h15-26,29-60,63-66H,5-14,27-28,61-62,67-68H2,1-4H3. The van der Waals surface area contributed by atoms with Crippen LogP contribution in [0.2, 0.25) is 0 Å². The highest BCUT2D eigenvalue weighted by Crippen LogP contribution is 2.57. The van der Waals surface area contributed by atoms with Crippen LogP contribution in [0.25, 0.3) is 55.6 Å². The molecule has 0 aliphatic heterocycles. The largest absolute Gasteiger partial charge is 0.311 e. The monoisotopic (exact) mass is 1250 g/mol. The number of hydrogen-bond acceptors (Lipinski definition) is 2. The third kappa shape index (κ3) is 13.2. The molecule has 0 bridgehead atoms. The first kappa shape index (κ1) is 63.6. The SMILES string of the molecule is CCCCCCCCC1(CCCCCCCC)c2cc(-c3ccc(N(c4ccccc4)c4ccc(C)cc4)cc3)ccc2-c2ccc(-c3ccc(N(c4ccccc4)c4ccc(-c5ccc6c(c5)C(Cc5ccccc5)(Cc5ccccc5)c5cc(C)ccc5-6)cc4)cc3)cc21. The Balaban J connectivity index is 0.791. The fourth-order valence-corrected chi connectivity index (χ4v) is 16.2. The summed E-state index contributed by atoms with van der Waals surface area (Å²) in [7, 11) is 0. The van der Waals surface area contributed by atoms with Gasteiger partial charge in [-0.15, -0.1) is 0 Å². The van der Waals surface area contributed by atoms with Crippen LogP contribution in [0.1, 0.15) is 148 Å². The van der Waals surface area contributed by atoms with Crippen LogP contribution < -0.4 is 9.80 Å². The van der Waals surface area contributed by atoms with Crippen molar-refractivity contribution in [2.45, 2.75) is 141 Å². The van der Waals surface area contributed by atoms with E-state index in [0.717, 1.165) is 59.8 Å². The first-order valence-electron chi connectivity index (χ1n) is 36.0. The Hall–Kier alpha value is -9.76. The Morgan fingerprint density at radius 2 is 0.521 bits per heavy atom. The first-order chi connectivity index (χ1) is 47.3. The summed E-state index contributed by atoms with van der Waals surface area (Å²) in [6.07, 6.45) is 19.6. The predicted molar refractivity (Wildman–Crippen MR) is 410 cm³/mol. The molecule has 0 radical (unpaired) electrons. The number of benzene rings is 12. The predicted octanol–water partition coefficient (Wildman–Crippen LogP) is 26.8. The third-order valence-corrected chi connectivity index (χ3v) is 21.2. The molecule has 2 aliphatic carbocycles. The van der Waals surface area contributed by atoms with E-state index in [1.165, 1.54) is 177 Å². The Kier molecular flexibility index (Phi) is 19.3. The van der Waals surface area contributed by atoms with Crippen molar-refractivity contribution in [3.8, 4) is 55.6 Å². The van der Waals surface area contributed by atoms with E-state index >= 15 is 0 Å². The van der Waals surface area contributed by atoms with Gasteiger partial charge in [0.15, 0.2) is 0 Å². The van der Waals surface area contributed by atoms with Crippen molar-refractivity contribution in [3.05, 3.63) is 336 Å². The molecule has 2 heteroatoms. The second-order valence-corrected chi connectivity index (χ2v) is 27.7. The van der Waals surface area contributed by atoms with Gasteiger partial charge >= 0.3 is 0 Å². The van der Waals surface area contributed by atoms with Crippen LogP contribution in [0.5, 0.6) is 0 Å². The van der Waals surface area contributed by atoms with Crippen molar-refractivity contribution in [1.82, 2.24) is 0 Å². The summed E-state index contributed by atoms with van der Waals surface area (Å²) < 4.78 is 0. The van der Waals surface area contributed by atoms with Gasteiger partial charge in [0, 0.05) is 45.0 Å². The lowest BCUT2D eigenvalue weighted by molar-refractivity contribution is 0.398. The number of hydrogen-bond donors (Lipinski definition) is 0. The van der Waals surface area contributed by atoms with Crippen LogP contribution in [-0.4, -0.2) is 0 Å². The van der Waals surface area contributed by atoms with Crippen LogP contribution in [0.4, 0.5) is 34.1 Å². The van der Waals surface area contributed by atoms with E-state index in [4.69, 9.17) is 0 Å². The molecular formula is C94H92N2. The molecular weight excluding hydrogens is 1160 g/mol. The minimum atomic E-state index is -0.241. The highest BCUT2D eigenvalue weighted by molar-refractivity contribution is 5.89. The zero-order chi connectivity index (χ0) is 65.3. The second-order valence-electron chi connectivity index (χ2n) is 27.7. The van der Waals surface area contributed by atoms with Gasteiger partial charge in [-0.25, -0.2) is 0 Å². The molecule has 0 N–H and O–H groups in total. The molecule has 96 heavy (non-hydrogen) atoms. The fraction of sp³-hybridized carbons (Fsp3) is 0.234. The highest BCUT2D eigenvalue weighted by atomic mass is 15.1. The maximum atomic E-state index is 2.62. The van der Waals surface area contributed by atoms with Crippen LogP contribution >= 0.6 is 0 Å². The lowest BCUT2D eigenvalue weighted by Crippen LogP contribution is -2.31. The maximum Gasteiger partial charge on any atom is 0.0462 e. The second kappa shape index (κ2) is 29.1. The van der Waals surface area contributed by atoms with E-state index in [0.29, 0.717) is 0 Å². The molecule has 0 saturated carbocycles. The van der Waals surface area contributed by atoms with Crippen LogP contribution in [0.15, 0.2) is 291 Å². The van der Waals surface area contributed by atoms with Crippen LogP contribution in [0.3, 0.4) is 0 Å². The molecule has 14 rings (SSSR count). The summed E-state index contributed by atoms with van der Waals surface area (Å²) in [6.45, 7) is 9.06. The number of nitrogens with zero attached hydrogens (tertiary/aromatic N) is 2. The number of rotatable bonds is 27. The normalized spacial score (nSPS) is 13.0. The number of unbranched alkanes of at least 4 members (excludes halogenated alkanes) is 10. The summed E-state index contributed by atoms with van der Waals surface area (Å²) >= 11 is 0. The molecule has 2 aliphatic rings. The minimum absolute atomic E-state index is 0.0880. The number of aryl methyl sites for hydroxylation is 2. The Morgan fingerprint density at radius 3 is 0.896 bits per heavy atom. The molecule has 0 spiro atoms. The van der Waals surface area contributed by atoms with Gasteiger partial charge in [-0.2, -0.15) is 0 Å². The van der Waals surface area contributed by atoms with Gasteiger partial charge in [-0.1, -0.05) is 302 Å². The molecule has 12 aromatic rings. The van der Waals surface area contributed by atoms with Crippen molar-refractivity contribution in [3.63, 3.8) is 0 Å². The van der Waals surface area contributed by atoms with Gasteiger partial charge in [-0.3, -0.25) is 0 Å². The molecule has 0 unspecified atom stereocenters. The van der Waals surface area contributed by atoms with Gasteiger partial charge < -0.3 is 9.80 Å². The zero-order valence-corrected chi connectivity index (χ0v) is 56.9. The van der Waals surface area contributed by atoms with Gasteiger partial charge in [0.25, 0.3) is 0 Å². The van der Waals surface area contributed by atoms with E-state index in [1.807, 2.05) is 0 Å². The van der Waals surface area contributed by atoms with E-state index in [2.05, 4.69) is 329 Å². The summed E-state index contributed by atoms with van der Waals surface area (Å²) in [5, 5.41) is 0. The van der Waals surface area contributed by atoms with Gasteiger partial charge in [-0.05, 0) is 220 Å². The van der Waals surface area contributed by atoms with Crippen molar-refractivity contribution < 1.29 is 0 Å². The molecule has 0 heterocycles. The topological polar surface area (TPSA) is 6.48 Å². The fourth-order valence-electron chi connectivity index (χ4n) is 16.2. The summed E-state index contributed by atoms with van der Waals surface area (Å²) in [6, 6.07) is 110. The summed E-state index contributed by atoms with van der Waals surface area (Å²) in [4.78, 5) is 4.79. The van der Waals surface area contributed by atoms with Crippen molar-refractivity contribution in [2.75, 3.05) is 9.80 Å². The van der Waals surface area contributed by atoms with Crippen molar-refractivity contribution in [2.24, 2.45) is 0 Å². The zero-order valence-electron chi connectivity index (χ0n) is 56.9. The molecule has 12 aromatic carbocycles. The van der Waals surface area contributed by atoms with Crippen LogP contribution in [0, 0.1) is 13.8 Å². The van der Waals surface area contributed by atoms with Crippen molar-refractivity contribution >= 4 is 34.1 Å².